The lowest BCUT2D eigenvalue weighted by atomic mass is 9.95. The fraction of sp³-hybridized carbons (Fsp3) is 0.269. The van der Waals surface area contributed by atoms with Gasteiger partial charge >= 0.3 is 5.97 Å². The molecule has 35 heavy (non-hydrogen) atoms. The molecule has 0 spiro atoms. The number of hydrogen-bond acceptors (Lipinski definition) is 7. The lowest BCUT2D eigenvalue weighted by Crippen LogP contribution is -2.40. The van der Waals surface area contributed by atoms with Gasteiger partial charge in [-0.25, -0.2) is 9.79 Å². The zero-order chi connectivity index (χ0) is 25.3. The van der Waals surface area contributed by atoms with Gasteiger partial charge in [-0.2, -0.15) is 0 Å². The first-order valence-electron chi connectivity index (χ1n) is 11.1. The monoisotopic (exact) mass is 511 g/mol. The van der Waals surface area contributed by atoms with Crippen LogP contribution in [0.25, 0.3) is 6.08 Å². The smallest absolute Gasteiger partial charge is 0.338 e. The number of rotatable bonds is 6. The van der Waals surface area contributed by atoms with Crippen LogP contribution in [0.15, 0.2) is 63.5 Å². The van der Waals surface area contributed by atoms with E-state index in [4.69, 9.17) is 16.3 Å². The molecule has 1 aliphatic rings. The molecule has 9 heteroatoms. The summed E-state index contributed by atoms with van der Waals surface area (Å²) in [6.45, 7) is 3.72. The van der Waals surface area contributed by atoms with Gasteiger partial charge in [0.1, 0.15) is 5.75 Å². The highest BCUT2D eigenvalue weighted by Gasteiger charge is 2.33. The largest absolute Gasteiger partial charge is 0.508 e. The maximum Gasteiger partial charge on any atom is 0.338 e. The van der Waals surface area contributed by atoms with Crippen molar-refractivity contribution in [3.8, 4) is 5.75 Å². The van der Waals surface area contributed by atoms with Crippen molar-refractivity contribution in [2.75, 3.05) is 25.6 Å². The topological polar surface area (TPSA) is 84.1 Å². The Morgan fingerprint density at radius 2 is 1.97 bits per heavy atom. The molecule has 0 bridgehead atoms. The minimum absolute atomic E-state index is 0.109. The number of ether oxygens (including phenoxy) is 1. The second-order valence-corrected chi connectivity index (χ2v) is 9.77. The number of anilines is 1. The lowest BCUT2D eigenvalue weighted by Gasteiger charge is -2.25. The van der Waals surface area contributed by atoms with E-state index < -0.39 is 12.0 Å². The predicted molar refractivity (Wildman–Crippen MR) is 139 cm³/mol. The number of fused-ring (bicyclic) bond motifs is 1. The predicted octanol–water partition coefficient (Wildman–Crippen LogP) is 3.42. The number of phenolic OH excluding ortho intramolecular Hbond substituents is 1. The second kappa shape index (κ2) is 10.1. The van der Waals surface area contributed by atoms with Crippen molar-refractivity contribution >= 4 is 40.7 Å². The maximum atomic E-state index is 13.6. The van der Waals surface area contributed by atoms with Crippen molar-refractivity contribution in [2.24, 2.45) is 4.99 Å². The highest BCUT2D eigenvalue weighted by Crippen LogP contribution is 2.31. The molecule has 0 saturated heterocycles. The molecule has 1 aromatic heterocycles. The first kappa shape index (κ1) is 24.8. The van der Waals surface area contributed by atoms with Crippen molar-refractivity contribution in [1.29, 1.82) is 0 Å². The minimum Gasteiger partial charge on any atom is -0.508 e. The van der Waals surface area contributed by atoms with Crippen molar-refractivity contribution in [2.45, 2.75) is 26.3 Å². The minimum atomic E-state index is -0.664. The van der Waals surface area contributed by atoms with Gasteiger partial charge in [0.05, 0.1) is 28.5 Å². The Morgan fingerprint density at radius 1 is 1.26 bits per heavy atom. The number of carbonyl (C=O) groups excluding carboxylic acids is 1. The third-order valence-electron chi connectivity index (χ3n) is 5.79. The van der Waals surface area contributed by atoms with E-state index in [-0.39, 0.29) is 17.9 Å². The Bertz CT molecular complexity index is 1490. The molecule has 1 unspecified atom stereocenters. The summed E-state index contributed by atoms with van der Waals surface area (Å²) in [6, 6.07) is 11.9. The van der Waals surface area contributed by atoms with E-state index in [1.165, 1.54) is 17.4 Å². The number of carbonyl (C=O) groups is 1. The van der Waals surface area contributed by atoms with E-state index in [1.807, 2.05) is 43.3 Å². The van der Waals surface area contributed by atoms with E-state index in [1.54, 1.807) is 36.6 Å². The van der Waals surface area contributed by atoms with Crippen LogP contribution in [0.1, 0.15) is 31.0 Å². The molecule has 3 aromatic rings. The molecule has 2 aromatic carbocycles. The van der Waals surface area contributed by atoms with E-state index in [0.717, 1.165) is 11.3 Å². The maximum absolute atomic E-state index is 13.6. The van der Waals surface area contributed by atoms with Crippen molar-refractivity contribution in [1.82, 2.24) is 4.57 Å². The Balaban J connectivity index is 1.86. The van der Waals surface area contributed by atoms with Crippen LogP contribution >= 0.6 is 22.9 Å². The van der Waals surface area contributed by atoms with Gasteiger partial charge in [-0.15, -0.1) is 0 Å². The average Bonchev–Trinajstić information content (AvgIpc) is 3.13. The number of aromatic nitrogens is 1. The second-order valence-electron chi connectivity index (χ2n) is 8.33. The molecule has 182 valence electrons. The van der Waals surface area contributed by atoms with Crippen LogP contribution in [0.4, 0.5) is 5.69 Å². The van der Waals surface area contributed by atoms with Gasteiger partial charge in [0.15, 0.2) is 4.80 Å². The number of aromatic hydroxyl groups is 1. The zero-order valence-electron chi connectivity index (χ0n) is 19.9. The van der Waals surface area contributed by atoms with Gasteiger partial charge in [0, 0.05) is 24.8 Å². The Labute approximate surface area is 211 Å². The zero-order valence-corrected chi connectivity index (χ0v) is 21.5. The molecular weight excluding hydrogens is 486 g/mol. The normalized spacial score (nSPS) is 15.6. The third-order valence-corrected chi connectivity index (χ3v) is 7.06. The fourth-order valence-corrected chi connectivity index (χ4v) is 5.23. The molecule has 4 rings (SSSR count). The SMILES string of the molecule is CCOC(=O)C1=C(C)N=c2sc(=CCc3cc(Cl)ccc3O)c(=O)n2C1c1ccc(N(C)C)cc1. The van der Waals surface area contributed by atoms with Gasteiger partial charge in [-0.1, -0.05) is 41.1 Å². The summed E-state index contributed by atoms with van der Waals surface area (Å²) >= 11 is 7.31. The lowest BCUT2D eigenvalue weighted by molar-refractivity contribution is -0.139. The molecule has 0 saturated carbocycles. The molecule has 0 amide bonds. The molecule has 2 heterocycles. The van der Waals surface area contributed by atoms with Gasteiger partial charge in [-0.05, 0) is 61.7 Å². The molecular formula is C26H26ClN3O4S. The summed E-state index contributed by atoms with van der Waals surface area (Å²) in [5.74, 6) is -0.383. The number of hydrogen-bond donors (Lipinski definition) is 1. The van der Waals surface area contributed by atoms with Crippen LogP contribution in [-0.2, 0) is 16.0 Å². The van der Waals surface area contributed by atoms with E-state index in [9.17, 15) is 14.7 Å². The Kier molecular flexibility index (Phi) is 7.14. The molecule has 1 atom stereocenters. The number of halogens is 1. The summed E-state index contributed by atoms with van der Waals surface area (Å²) in [7, 11) is 3.90. The Morgan fingerprint density at radius 3 is 2.63 bits per heavy atom. The van der Waals surface area contributed by atoms with Crippen LogP contribution in [0.3, 0.4) is 0 Å². The van der Waals surface area contributed by atoms with Gasteiger partial charge in [0.25, 0.3) is 5.56 Å². The molecule has 0 fully saturated rings. The van der Waals surface area contributed by atoms with E-state index in [0.29, 0.717) is 37.6 Å². The van der Waals surface area contributed by atoms with Crippen LogP contribution < -0.4 is 19.8 Å². The molecule has 7 nitrogen and oxygen atoms in total. The van der Waals surface area contributed by atoms with Crippen molar-refractivity contribution in [3.05, 3.63) is 89.6 Å². The summed E-state index contributed by atoms with van der Waals surface area (Å²) in [6.07, 6.45) is 2.08. The number of allylic oxidation sites excluding steroid dienone is 1. The molecule has 0 aliphatic carbocycles. The van der Waals surface area contributed by atoms with Gasteiger partial charge in [0.2, 0.25) is 0 Å². The molecule has 1 aliphatic heterocycles. The number of benzene rings is 2. The quantitative estimate of drug-likeness (QED) is 0.513. The third kappa shape index (κ3) is 4.90. The van der Waals surface area contributed by atoms with Gasteiger partial charge < -0.3 is 14.7 Å². The summed E-state index contributed by atoms with van der Waals surface area (Å²) in [5, 5.41) is 10.6. The highest BCUT2D eigenvalue weighted by molar-refractivity contribution is 7.07. The van der Waals surface area contributed by atoms with Crippen LogP contribution in [0, 0.1) is 0 Å². The van der Waals surface area contributed by atoms with E-state index >= 15 is 0 Å². The highest BCUT2D eigenvalue weighted by atomic mass is 35.5. The molecule has 0 radical (unpaired) electrons. The van der Waals surface area contributed by atoms with Gasteiger partial charge in [-0.3, -0.25) is 9.36 Å². The van der Waals surface area contributed by atoms with E-state index in [2.05, 4.69) is 4.99 Å². The average molecular weight is 512 g/mol. The summed E-state index contributed by atoms with van der Waals surface area (Å²) in [4.78, 5) is 33.6. The van der Waals surface area contributed by atoms with Crippen LogP contribution in [0.5, 0.6) is 5.75 Å². The first-order chi connectivity index (χ1) is 16.7. The summed E-state index contributed by atoms with van der Waals surface area (Å²) < 4.78 is 7.35. The summed E-state index contributed by atoms with van der Waals surface area (Å²) in [5.41, 5.74) is 3.00. The number of thiazole rings is 1. The molecule has 1 N–H and O–H groups in total. The van der Waals surface area contributed by atoms with Crippen LogP contribution in [0.2, 0.25) is 5.02 Å². The number of phenols is 1. The fourth-order valence-electron chi connectivity index (χ4n) is 4.02. The van der Waals surface area contributed by atoms with Crippen molar-refractivity contribution < 1.29 is 14.6 Å². The standard InChI is InChI=1S/C26H26ClN3O4S/c1-5-34-25(33)22-15(2)28-26-30(23(22)16-6-10-19(11-7-16)29(3)4)24(32)21(35-26)13-8-17-14-18(27)9-12-20(17)31/h6-7,9-14,23,31H,5,8H2,1-4H3. The van der Waals surface area contributed by atoms with Crippen molar-refractivity contribution in [3.63, 3.8) is 0 Å². The number of nitrogens with zero attached hydrogens (tertiary/aromatic N) is 3. The number of esters is 1. The Hall–Kier alpha value is -3.36. The first-order valence-corrected chi connectivity index (χ1v) is 12.3. The van der Waals surface area contributed by atoms with Crippen LogP contribution in [-0.4, -0.2) is 36.3 Å².